The molecule has 1 aliphatic rings. The third kappa shape index (κ3) is 2.28. The van der Waals surface area contributed by atoms with Crippen molar-refractivity contribution in [2.75, 3.05) is 11.9 Å². The van der Waals surface area contributed by atoms with E-state index in [-0.39, 0.29) is 11.6 Å². The summed E-state index contributed by atoms with van der Waals surface area (Å²) in [4.78, 5) is 7.66. The minimum absolute atomic E-state index is 0.0713. The van der Waals surface area contributed by atoms with Crippen molar-refractivity contribution >= 4 is 5.82 Å². The van der Waals surface area contributed by atoms with Crippen LogP contribution in [0.5, 0.6) is 5.75 Å². The van der Waals surface area contributed by atoms with Crippen LogP contribution in [0.4, 0.5) is 14.6 Å². The van der Waals surface area contributed by atoms with Crippen LogP contribution in [-0.4, -0.2) is 38.2 Å². The van der Waals surface area contributed by atoms with E-state index in [0.717, 1.165) is 0 Å². The van der Waals surface area contributed by atoms with E-state index in [2.05, 4.69) is 15.3 Å². The molecular weight excluding hydrogens is 232 g/mol. The zero-order valence-electron chi connectivity index (χ0n) is 9.24. The van der Waals surface area contributed by atoms with Gasteiger partial charge in [0, 0.05) is 12.8 Å². The number of aryl methyl sites for hydroxylation is 1. The maximum absolute atomic E-state index is 12.9. The summed E-state index contributed by atoms with van der Waals surface area (Å²) in [5.41, 5.74) is -1.11. The van der Waals surface area contributed by atoms with Crippen LogP contribution in [0.25, 0.3) is 0 Å². The molecule has 0 unspecified atom stereocenters. The van der Waals surface area contributed by atoms with Crippen LogP contribution in [0.2, 0.25) is 0 Å². The van der Waals surface area contributed by atoms with Gasteiger partial charge in [-0.15, -0.1) is 0 Å². The summed E-state index contributed by atoms with van der Waals surface area (Å²) in [6, 6.07) is 0. The highest BCUT2D eigenvalue weighted by Crippen LogP contribution is 2.47. The Morgan fingerprint density at radius 1 is 1.47 bits per heavy atom. The highest BCUT2D eigenvalue weighted by molar-refractivity contribution is 5.50. The number of aliphatic hydroxyl groups is 1. The number of anilines is 1. The first kappa shape index (κ1) is 12.0. The van der Waals surface area contributed by atoms with Crippen LogP contribution >= 0.6 is 0 Å². The zero-order valence-corrected chi connectivity index (χ0v) is 9.24. The van der Waals surface area contributed by atoms with Crippen LogP contribution in [-0.2, 0) is 0 Å². The smallest absolute Gasteiger partial charge is 0.252 e. The van der Waals surface area contributed by atoms with Crippen molar-refractivity contribution in [1.29, 1.82) is 0 Å². The number of halogens is 2. The van der Waals surface area contributed by atoms with E-state index >= 15 is 0 Å². The normalized spacial score (nSPS) is 20.7. The monoisotopic (exact) mass is 245 g/mol. The number of alkyl halides is 2. The van der Waals surface area contributed by atoms with E-state index in [1.165, 1.54) is 6.20 Å². The van der Waals surface area contributed by atoms with E-state index in [1.54, 1.807) is 6.92 Å². The van der Waals surface area contributed by atoms with Crippen molar-refractivity contribution in [2.45, 2.75) is 31.2 Å². The van der Waals surface area contributed by atoms with E-state index in [1.807, 2.05) is 0 Å². The van der Waals surface area contributed by atoms with Crippen molar-refractivity contribution in [3.8, 4) is 5.75 Å². The molecule has 1 saturated carbocycles. The van der Waals surface area contributed by atoms with Gasteiger partial charge in [0.05, 0.1) is 18.3 Å². The Labute approximate surface area is 96.5 Å². The molecule has 3 N–H and O–H groups in total. The summed E-state index contributed by atoms with van der Waals surface area (Å²) in [5.74, 6) is -2.52. The van der Waals surface area contributed by atoms with Crippen LogP contribution in [0, 0.1) is 6.92 Å². The third-order valence-corrected chi connectivity index (χ3v) is 2.77. The fourth-order valence-corrected chi connectivity index (χ4v) is 1.98. The van der Waals surface area contributed by atoms with Gasteiger partial charge in [0.2, 0.25) is 0 Å². The van der Waals surface area contributed by atoms with Crippen LogP contribution < -0.4 is 5.32 Å². The Kier molecular flexibility index (Phi) is 2.65. The maximum atomic E-state index is 12.9. The lowest BCUT2D eigenvalue weighted by molar-refractivity contribution is -0.126. The molecule has 0 atom stereocenters. The van der Waals surface area contributed by atoms with Gasteiger partial charge in [-0.1, -0.05) is 0 Å². The van der Waals surface area contributed by atoms with Gasteiger partial charge in [-0.25, -0.2) is 18.7 Å². The minimum Gasteiger partial charge on any atom is -0.503 e. The van der Waals surface area contributed by atoms with Crippen molar-refractivity contribution in [2.24, 2.45) is 0 Å². The van der Waals surface area contributed by atoms with E-state index in [9.17, 15) is 13.9 Å². The molecule has 0 spiro atoms. The van der Waals surface area contributed by atoms with Crippen molar-refractivity contribution in [3.05, 3.63) is 12.0 Å². The predicted octanol–water partition coefficient (Wildman–Crippen LogP) is 1.06. The molecule has 0 bridgehead atoms. The number of aromatic nitrogens is 2. The summed E-state index contributed by atoms with van der Waals surface area (Å²) in [5, 5.41) is 21.3. The van der Waals surface area contributed by atoms with Crippen LogP contribution in [0.15, 0.2) is 6.20 Å². The Balaban J connectivity index is 2.17. The number of hydrogen-bond donors (Lipinski definition) is 3. The molecular formula is C10H13F2N3O2. The van der Waals surface area contributed by atoms with Gasteiger partial charge in [-0.05, 0) is 6.92 Å². The number of hydrogen-bond acceptors (Lipinski definition) is 5. The fraction of sp³-hybridized carbons (Fsp3) is 0.600. The fourth-order valence-electron chi connectivity index (χ4n) is 1.98. The first-order chi connectivity index (χ1) is 7.86. The first-order valence-electron chi connectivity index (χ1n) is 5.15. The highest BCUT2D eigenvalue weighted by atomic mass is 19.3. The number of rotatable bonds is 3. The molecule has 1 heterocycles. The van der Waals surface area contributed by atoms with Crippen molar-refractivity contribution in [3.63, 3.8) is 0 Å². The average molecular weight is 245 g/mol. The van der Waals surface area contributed by atoms with Crippen LogP contribution in [0.1, 0.15) is 18.7 Å². The Morgan fingerprint density at radius 3 is 2.65 bits per heavy atom. The van der Waals surface area contributed by atoms with E-state index < -0.39 is 30.9 Å². The highest BCUT2D eigenvalue weighted by Gasteiger charge is 2.56. The molecule has 0 aliphatic heterocycles. The molecule has 94 valence electrons. The molecule has 7 heteroatoms. The average Bonchev–Trinajstić information content (AvgIpc) is 2.20. The number of aromatic hydroxyl groups is 1. The number of aliphatic hydroxyl groups excluding tert-OH is 1. The molecule has 0 amide bonds. The molecule has 0 radical (unpaired) electrons. The summed E-state index contributed by atoms with van der Waals surface area (Å²) in [7, 11) is 0. The lowest BCUT2D eigenvalue weighted by Gasteiger charge is -2.46. The summed E-state index contributed by atoms with van der Waals surface area (Å²) in [6.07, 6.45) is 0.241. The van der Waals surface area contributed by atoms with Gasteiger partial charge in [0.25, 0.3) is 5.92 Å². The largest absolute Gasteiger partial charge is 0.503 e. The zero-order chi connectivity index (χ0) is 12.7. The third-order valence-electron chi connectivity index (χ3n) is 2.77. The maximum Gasteiger partial charge on any atom is 0.252 e. The summed E-state index contributed by atoms with van der Waals surface area (Å²) < 4.78 is 25.7. The topological polar surface area (TPSA) is 78.3 Å². The van der Waals surface area contributed by atoms with Crippen molar-refractivity contribution in [1.82, 2.24) is 9.97 Å². The van der Waals surface area contributed by atoms with Gasteiger partial charge < -0.3 is 15.5 Å². The van der Waals surface area contributed by atoms with Gasteiger partial charge in [0.15, 0.2) is 11.6 Å². The first-order valence-corrected chi connectivity index (χ1v) is 5.15. The molecule has 1 aromatic rings. The van der Waals surface area contributed by atoms with Crippen molar-refractivity contribution < 1.29 is 19.0 Å². The second-order valence-electron chi connectivity index (χ2n) is 4.42. The molecule has 0 saturated heterocycles. The van der Waals surface area contributed by atoms with Gasteiger partial charge in [-0.2, -0.15) is 0 Å². The Hall–Kier alpha value is -1.50. The molecule has 1 aliphatic carbocycles. The molecule has 17 heavy (non-hydrogen) atoms. The minimum atomic E-state index is -2.77. The molecule has 2 rings (SSSR count). The SMILES string of the molecule is Cc1ncc(O)c(NC2(CO)CC(F)(F)C2)n1. The lowest BCUT2D eigenvalue weighted by atomic mass is 9.74. The van der Waals surface area contributed by atoms with Gasteiger partial charge >= 0.3 is 0 Å². The van der Waals surface area contributed by atoms with Gasteiger partial charge in [-0.3, -0.25) is 0 Å². The number of nitrogens with one attached hydrogen (secondary N) is 1. The second-order valence-corrected chi connectivity index (χ2v) is 4.42. The summed E-state index contributed by atoms with van der Waals surface area (Å²) in [6.45, 7) is 1.18. The molecule has 5 nitrogen and oxygen atoms in total. The molecule has 0 aromatic carbocycles. The molecule has 1 aromatic heterocycles. The number of nitrogens with zero attached hydrogens (tertiary/aromatic N) is 2. The quantitative estimate of drug-likeness (QED) is 0.742. The second kappa shape index (κ2) is 3.76. The Bertz CT molecular complexity index is 432. The van der Waals surface area contributed by atoms with E-state index in [0.29, 0.717) is 5.82 Å². The summed E-state index contributed by atoms with van der Waals surface area (Å²) >= 11 is 0. The van der Waals surface area contributed by atoms with Gasteiger partial charge in [0.1, 0.15) is 5.82 Å². The molecule has 1 fully saturated rings. The van der Waals surface area contributed by atoms with E-state index in [4.69, 9.17) is 5.11 Å². The standard InChI is InChI=1S/C10H13F2N3O2/c1-6-13-2-7(17)8(14-6)15-9(5-16)3-10(11,12)4-9/h2,16-17H,3-5H2,1H3,(H,13,14,15). The predicted molar refractivity (Wildman–Crippen MR) is 56.1 cm³/mol. The van der Waals surface area contributed by atoms with Crippen LogP contribution in [0.3, 0.4) is 0 Å². The Morgan fingerprint density at radius 2 is 2.12 bits per heavy atom. The lowest BCUT2D eigenvalue weighted by Crippen LogP contribution is -2.59.